The van der Waals surface area contributed by atoms with Gasteiger partial charge in [0.15, 0.2) is 5.96 Å². The molecule has 1 heterocycles. The van der Waals surface area contributed by atoms with Crippen molar-refractivity contribution < 1.29 is 13.2 Å². The molecule has 88 valence electrons. The molecule has 0 unspecified atom stereocenters. The molecule has 0 aromatic heterocycles. The van der Waals surface area contributed by atoms with Gasteiger partial charge in [-0.1, -0.05) is 0 Å². The van der Waals surface area contributed by atoms with E-state index in [4.69, 9.17) is 5.73 Å². The fourth-order valence-corrected chi connectivity index (χ4v) is 1.52. The predicted octanol–water partition coefficient (Wildman–Crippen LogP) is 1.74. The van der Waals surface area contributed by atoms with Crippen LogP contribution in [0.25, 0.3) is 0 Å². The molecule has 1 aliphatic rings. The number of alkyl halides is 3. The summed E-state index contributed by atoms with van der Waals surface area (Å²) in [5, 5.41) is 0. The Morgan fingerprint density at radius 1 is 1.20 bits per heavy atom. The lowest BCUT2D eigenvalue weighted by atomic mass is 10.1. The van der Waals surface area contributed by atoms with E-state index in [1.165, 1.54) is 0 Å². The van der Waals surface area contributed by atoms with Crippen molar-refractivity contribution in [2.45, 2.75) is 31.9 Å². The zero-order valence-electron chi connectivity index (χ0n) is 8.56. The molecular formula is C9H16F3N3. The first kappa shape index (κ1) is 12.1. The summed E-state index contributed by atoms with van der Waals surface area (Å²) < 4.78 is 35.5. The van der Waals surface area contributed by atoms with Crippen LogP contribution in [-0.2, 0) is 0 Å². The molecule has 0 bridgehead atoms. The number of rotatable bonds is 2. The smallest absolute Gasteiger partial charge is 0.370 e. The molecule has 1 saturated heterocycles. The monoisotopic (exact) mass is 223 g/mol. The van der Waals surface area contributed by atoms with Gasteiger partial charge in [-0.05, 0) is 19.3 Å². The molecule has 15 heavy (non-hydrogen) atoms. The topological polar surface area (TPSA) is 41.6 Å². The van der Waals surface area contributed by atoms with E-state index in [2.05, 4.69) is 4.99 Å². The lowest BCUT2D eigenvalue weighted by Crippen LogP contribution is -2.41. The van der Waals surface area contributed by atoms with Gasteiger partial charge in [0.1, 0.15) is 0 Å². The number of halogens is 3. The normalized spacial score (nSPS) is 19.4. The van der Waals surface area contributed by atoms with Crippen molar-refractivity contribution in [1.29, 1.82) is 0 Å². The number of hydrogen-bond donors (Lipinski definition) is 1. The maximum absolute atomic E-state index is 11.8. The zero-order chi connectivity index (χ0) is 11.3. The quantitative estimate of drug-likeness (QED) is 0.572. The first-order chi connectivity index (χ1) is 6.99. The third kappa shape index (κ3) is 4.90. The first-order valence-electron chi connectivity index (χ1n) is 5.11. The first-order valence-corrected chi connectivity index (χ1v) is 5.11. The molecule has 0 saturated carbocycles. The molecule has 0 aromatic carbocycles. The van der Waals surface area contributed by atoms with Gasteiger partial charge in [0, 0.05) is 13.1 Å². The third-order valence-corrected chi connectivity index (χ3v) is 2.35. The molecule has 1 rings (SSSR count). The molecule has 0 atom stereocenters. The van der Waals surface area contributed by atoms with Crippen molar-refractivity contribution >= 4 is 5.96 Å². The van der Waals surface area contributed by atoms with Gasteiger partial charge in [0.25, 0.3) is 0 Å². The van der Waals surface area contributed by atoms with Crippen molar-refractivity contribution in [3.8, 4) is 0 Å². The number of nitrogens with two attached hydrogens (primary N) is 1. The molecular weight excluding hydrogens is 207 g/mol. The van der Waals surface area contributed by atoms with E-state index in [1.807, 2.05) is 4.90 Å². The average Bonchev–Trinajstić information content (AvgIpc) is 2.17. The molecule has 0 amide bonds. The fourth-order valence-electron chi connectivity index (χ4n) is 1.52. The maximum Gasteiger partial charge on any atom is 0.390 e. The Bertz CT molecular complexity index is 219. The number of guanidine groups is 1. The Balaban J connectivity index is 2.31. The lowest BCUT2D eigenvalue weighted by molar-refractivity contribution is -0.132. The zero-order valence-corrected chi connectivity index (χ0v) is 8.56. The molecule has 3 nitrogen and oxygen atoms in total. The molecule has 1 fully saturated rings. The van der Waals surface area contributed by atoms with Crippen LogP contribution >= 0.6 is 0 Å². The van der Waals surface area contributed by atoms with E-state index in [1.54, 1.807) is 0 Å². The average molecular weight is 223 g/mol. The summed E-state index contributed by atoms with van der Waals surface area (Å²) in [5.41, 5.74) is 5.59. The molecule has 1 aliphatic heterocycles. The van der Waals surface area contributed by atoms with Crippen molar-refractivity contribution in [3.63, 3.8) is 0 Å². The van der Waals surface area contributed by atoms with Gasteiger partial charge in [-0.3, -0.25) is 4.99 Å². The van der Waals surface area contributed by atoms with Gasteiger partial charge in [0.2, 0.25) is 0 Å². The van der Waals surface area contributed by atoms with Gasteiger partial charge in [-0.2, -0.15) is 13.2 Å². The molecule has 0 radical (unpaired) electrons. The molecule has 0 aliphatic carbocycles. The number of hydrogen-bond acceptors (Lipinski definition) is 1. The van der Waals surface area contributed by atoms with E-state index < -0.39 is 12.6 Å². The highest BCUT2D eigenvalue weighted by atomic mass is 19.4. The van der Waals surface area contributed by atoms with Gasteiger partial charge < -0.3 is 10.6 Å². The van der Waals surface area contributed by atoms with Crippen LogP contribution in [0.3, 0.4) is 0 Å². The van der Waals surface area contributed by atoms with Crippen LogP contribution in [0.1, 0.15) is 25.7 Å². The standard InChI is InChI=1S/C9H16F3N3/c10-9(11,12)4-5-14-8(13)15-6-2-1-3-7-15/h1-7H2,(H2,13,14). The maximum atomic E-state index is 11.8. The SMILES string of the molecule is NC(=NCCC(F)(F)F)N1CCCCC1. The second kappa shape index (κ2) is 5.23. The summed E-state index contributed by atoms with van der Waals surface area (Å²) in [5.74, 6) is 0.249. The summed E-state index contributed by atoms with van der Waals surface area (Å²) in [4.78, 5) is 5.58. The van der Waals surface area contributed by atoms with Crippen molar-refractivity contribution in [2.24, 2.45) is 10.7 Å². The van der Waals surface area contributed by atoms with Crippen LogP contribution in [0.5, 0.6) is 0 Å². The van der Waals surface area contributed by atoms with Gasteiger partial charge >= 0.3 is 6.18 Å². The summed E-state index contributed by atoms with van der Waals surface area (Å²) in [6.07, 6.45) is -1.81. The summed E-state index contributed by atoms with van der Waals surface area (Å²) in [7, 11) is 0. The Hall–Kier alpha value is -0.940. The van der Waals surface area contributed by atoms with Gasteiger partial charge in [0.05, 0.1) is 13.0 Å². The Kier molecular flexibility index (Phi) is 4.23. The predicted molar refractivity (Wildman–Crippen MR) is 52.6 cm³/mol. The number of likely N-dealkylation sites (tertiary alicyclic amines) is 1. The Morgan fingerprint density at radius 2 is 1.80 bits per heavy atom. The third-order valence-electron chi connectivity index (χ3n) is 2.35. The molecule has 6 heteroatoms. The van der Waals surface area contributed by atoms with Crippen LogP contribution in [0.2, 0.25) is 0 Å². The summed E-state index contributed by atoms with van der Waals surface area (Å²) in [6.45, 7) is 1.34. The van der Waals surface area contributed by atoms with Crippen LogP contribution in [-0.4, -0.2) is 36.7 Å². The van der Waals surface area contributed by atoms with E-state index in [-0.39, 0.29) is 12.5 Å². The lowest BCUT2D eigenvalue weighted by Gasteiger charge is -2.27. The van der Waals surface area contributed by atoms with Crippen molar-refractivity contribution in [1.82, 2.24) is 4.90 Å². The number of aliphatic imine (C=N–C) groups is 1. The minimum Gasteiger partial charge on any atom is -0.370 e. The van der Waals surface area contributed by atoms with E-state index in [0.717, 1.165) is 32.4 Å². The minimum atomic E-state index is -4.15. The molecule has 0 spiro atoms. The number of nitrogens with zero attached hydrogens (tertiary/aromatic N) is 2. The second-order valence-corrected chi connectivity index (χ2v) is 3.65. The highest BCUT2D eigenvalue weighted by Gasteiger charge is 2.26. The van der Waals surface area contributed by atoms with Gasteiger partial charge in [-0.15, -0.1) is 0 Å². The minimum absolute atomic E-state index is 0.249. The fraction of sp³-hybridized carbons (Fsp3) is 0.889. The number of piperidine rings is 1. The van der Waals surface area contributed by atoms with Crippen molar-refractivity contribution in [3.05, 3.63) is 0 Å². The molecule has 2 N–H and O–H groups in total. The van der Waals surface area contributed by atoms with E-state index in [9.17, 15) is 13.2 Å². The van der Waals surface area contributed by atoms with Crippen LogP contribution < -0.4 is 5.73 Å². The highest BCUT2D eigenvalue weighted by molar-refractivity contribution is 5.78. The summed E-state index contributed by atoms with van der Waals surface area (Å²) in [6, 6.07) is 0. The second-order valence-electron chi connectivity index (χ2n) is 3.65. The Morgan fingerprint density at radius 3 is 2.33 bits per heavy atom. The largest absolute Gasteiger partial charge is 0.390 e. The van der Waals surface area contributed by atoms with Crippen LogP contribution in [0.15, 0.2) is 4.99 Å². The molecule has 0 aromatic rings. The van der Waals surface area contributed by atoms with E-state index >= 15 is 0 Å². The van der Waals surface area contributed by atoms with Crippen LogP contribution in [0, 0.1) is 0 Å². The Labute approximate surface area is 87.1 Å². The van der Waals surface area contributed by atoms with Gasteiger partial charge in [-0.25, -0.2) is 0 Å². The van der Waals surface area contributed by atoms with Crippen molar-refractivity contribution in [2.75, 3.05) is 19.6 Å². The summed E-state index contributed by atoms with van der Waals surface area (Å²) >= 11 is 0. The van der Waals surface area contributed by atoms with E-state index in [0.29, 0.717) is 0 Å². The highest BCUT2D eigenvalue weighted by Crippen LogP contribution is 2.19. The van der Waals surface area contributed by atoms with Crippen LogP contribution in [0.4, 0.5) is 13.2 Å².